The van der Waals surface area contributed by atoms with Crippen LogP contribution in [0, 0.1) is 0 Å². The molecule has 2 N–H and O–H groups in total. The second-order valence-corrected chi connectivity index (χ2v) is 4.51. The Morgan fingerprint density at radius 1 is 1.39 bits per heavy atom. The number of hydrogen-bond acceptors (Lipinski definition) is 3. The first-order valence-electron chi connectivity index (χ1n) is 5.35. The number of likely N-dealkylation sites (N-methyl/N-ethyl adjacent to an activating group) is 1. The van der Waals surface area contributed by atoms with Crippen LogP contribution < -0.4 is 15.4 Å². The molecular weight excluding hydrogens is 300 g/mol. The van der Waals surface area contributed by atoms with Crippen LogP contribution in [0.15, 0.2) is 22.7 Å². The van der Waals surface area contributed by atoms with Crippen LogP contribution in [0.2, 0.25) is 0 Å². The Kier molecular flexibility index (Phi) is 5.15. The maximum absolute atomic E-state index is 12.0. The lowest BCUT2D eigenvalue weighted by molar-refractivity contribution is -0.122. The summed E-state index contributed by atoms with van der Waals surface area (Å²) >= 11 is 3.29. The van der Waals surface area contributed by atoms with Crippen molar-refractivity contribution in [1.82, 2.24) is 10.6 Å². The highest BCUT2D eigenvalue weighted by Gasteiger charge is 2.17. The molecule has 6 heteroatoms. The van der Waals surface area contributed by atoms with Gasteiger partial charge in [-0.2, -0.15) is 0 Å². The molecule has 0 bridgehead atoms. The molecule has 0 aromatic heterocycles. The number of hydrogen-bond donors (Lipinski definition) is 2. The number of methoxy groups -OCH3 is 1. The van der Waals surface area contributed by atoms with Crippen LogP contribution in [-0.2, 0) is 4.79 Å². The SMILES string of the molecule is CNC(=O)C(C)NC(=O)c1cc(OC)ccc1Br. The minimum atomic E-state index is -0.597. The number of ether oxygens (including phenoxy) is 1. The molecule has 0 aliphatic rings. The van der Waals surface area contributed by atoms with E-state index in [1.54, 1.807) is 25.1 Å². The molecule has 0 heterocycles. The topological polar surface area (TPSA) is 67.4 Å². The summed E-state index contributed by atoms with van der Waals surface area (Å²) < 4.78 is 5.70. The van der Waals surface area contributed by atoms with Crippen LogP contribution in [0.1, 0.15) is 17.3 Å². The van der Waals surface area contributed by atoms with Crippen molar-refractivity contribution in [3.8, 4) is 5.75 Å². The molecule has 0 aliphatic heterocycles. The number of amides is 2. The molecule has 5 nitrogen and oxygen atoms in total. The summed E-state index contributed by atoms with van der Waals surface area (Å²) in [6.07, 6.45) is 0. The van der Waals surface area contributed by atoms with Gasteiger partial charge in [0.15, 0.2) is 0 Å². The van der Waals surface area contributed by atoms with E-state index in [2.05, 4.69) is 26.6 Å². The van der Waals surface area contributed by atoms with Gasteiger partial charge in [-0.3, -0.25) is 9.59 Å². The maximum Gasteiger partial charge on any atom is 0.253 e. The molecule has 1 rings (SSSR count). The predicted octanol–water partition coefficient (Wildman–Crippen LogP) is 1.32. The van der Waals surface area contributed by atoms with E-state index in [9.17, 15) is 9.59 Å². The fourth-order valence-electron chi connectivity index (χ4n) is 1.36. The van der Waals surface area contributed by atoms with Crippen molar-refractivity contribution in [3.05, 3.63) is 28.2 Å². The lowest BCUT2D eigenvalue weighted by Gasteiger charge is -2.13. The molecule has 18 heavy (non-hydrogen) atoms. The van der Waals surface area contributed by atoms with Crippen molar-refractivity contribution in [3.63, 3.8) is 0 Å². The third-order valence-corrected chi connectivity index (χ3v) is 3.10. The molecule has 0 aliphatic carbocycles. The van der Waals surface area contributed by atoms with E-state index in [1.807, 2.05) is 0 Å². The molecule has 2 amide bonds. The Bertz CT molecular complexity index is 463. The summed E-state index contributed by atoms with van der Waals surface area (Å²) in [5, 5.41) is 5.07. The van der Waals surface area contributed by atoms with Crippen LogP contribution in [0.4, 0.5) is 0 Å². The average molecular weight is 315 g/mol. The van der Waals surface area contributed by atoms with Gasteiger partial charge in [-0.25, -0.2) is 0 Å². The number of carbonyl (C=O) groups is 2. The van der Waals surface area contributed by atoms with Gasteiger partial charge in [0.25, 0.3) is 5.91 Å². The first-order valence-corrected chi connectivity index (χ1v) is 6.15. The highest BCUT2D eigenvalue weighted by molar-refractivity contribution is 9.10. The number of halogens is 1. The van der Waals surface area contributed by atoms with E-state index in [-0.39, 0.29) is 11.8 Å². The van der Waals surface area contributed by atoms with E-state index in [4.69, 9.17) is 4.74 Å². The summed E-state index contributed by atoms with van der Waals surface area (Å²) in [4.78, 5) is 23.3. The standard InChI is InChI=1S/C12H15BrN2O3/c1-7(11(16)14-2)15-12(17)9-6-8(18-3)4-5-10(9)13/h4-7H,1-3H3,(H,14,16)(H,15,17). The Morgan fingerprint density at radius 3 is 2.61 bits per heavy atom. The van der Waals surface area contributed by atoms with Gasteiger partial charge in [0.2, 0.25) is 5.91 Å². The van der Waals surface area contributed by atoms with E-state index in [0.717, 1.165) is 0 Å². The van der Waals surface area contributed by atoms with Gasteiger partial charge in [0.1, 0.15) is 11.8 Å². The average Bonchev–Trinajstić information content (AvgIpc) is 2.38. The largest absolute Gasteiger partial charge is 0.497 e. The van der Waals surface area contributed by atoms with Gasteiger partial charge in [-0.1, -0.05) is 0 Å². The third kappa shape index (κ3) is 3.46. The van der Waals surface area contributed by atoms with Gasteiger partial charge < -0.3 is 15.4 Å². The fraction of sp³-hybridized carbons (Fsp3) is 0.333. The minimum Gasteiger partial charge on any atom is -0.497 e. The lowest BCUT2D eigenvalue weighted by Crippen LogP contribution is -2.43. The summed E-state index contributed by atoms with van der Waals surface area (Å²) in [6.45, 7) is 1.62. The molecule has 1 atom stereocenters. The Hall–Kier alpha value is -1.56. The van der Waals surface area contributed by atoms with Crippen LogP contribution in [0.5, 0.6) is 5.75 Å². The lowest BCUT2D eigenvalue weighted by atomic mass is 10.2. The smallest absolute Gasteiger partial charge is 0.253 e. The number of rotatable bonds is 4. The molecular formula is C12H15BrN2O3. The molecule has 1 unspecified atom stereocenters. The number of benzene rings is 1. The highest BCUT2D eigenvalue weighted by Crippen LogP contribution is 2.22. The van der Waals surface area contributed by atoms with E-state index < -0.39 is 6.04 Å². The van der Waals surface area contributed by atoms with Gasteiger partial charge in [0, 0.05) is 11.5 Å². The molecule has 98 valence electrons. The van der Waals surface area contributed by atoms with Gasteiger partial charge in [-0.05, 0) is 41.1 Å². The quantitative estimate of drug-likeness (QED) is 0.881. The van der Waals surface area contributed by atoms with Crippen LogP contribution in [0.25, 0.3) is 0 Å². The Balaban J connectivity index is 2.87. The normalized spacial score (nSPS) is 11.6. The summed E-state index contributed by atoms with van der Waals surface area (Å²) in [7, 11) is 3.05. The summed E-state index contributed by atoms with van der Waals surface area (Å²) in [6, 6.07) is 4.47. The third-order valence-electron chi connectivity index (χ3n) is 2.41. The predicted molar refractivity (Wildman–Crippen MR) is 71.7 cm³/mol. The zero-order valence-corrected chi connectivity index (χ0v) is 12.0. The van der Waals surface area contributed by atoms with Crippen molar-refractivity contribution in [2.24, 2.45) is 0 Å². The van der Waals surface area contributed by atoms with Crippen molar-refractivity contribution >= 4 is 27.7 Å². The van der Waals surface area contributed by atoms with Gasteiger partial charge in [-0.15, -0.1) is 0 Å². The van der Waals surface area contributed by atoms with Crippen LogP contribution in [-0.4, -0.2) is 32.0 Å². The molecule has 0 saturated heterocycles. The van der Waals surface area contributed by atoms with Gasteiger partial charge in [0.05, 0.1) is 12.7 Å². The second kappa shape index (κ2) is 6.39. The summed E-state index contributed by atoms with van der Waals surface area (Å²) in [5.74, 6) is -0.00445. The minimum absolute atomic E-state index is 0.248. The fourth-order valence-corrected chi connectivity index (χ4v) is 1.79. The Labute approximate surface area is 114 Å². The molecule has 1 aromatic rings. The summed E-state index contributed by atoms with van der Waals surface area (Å²) in [5.41, 5.74) is 0.421. The first-order chi connectivity index (χ1) is 8.49. The van der Waals surface area contributed by atoms with Crippen molar-refractivity contribution in [1.29, 1.82) is 0 Å². The molecule has 0 spiro atoms. The van der Waals surface area contributed by atoms with Crippen LogP contribution in [0.3, 0.4) is 0 Å². The molecule has 0 saturated carbocycles. The molecule has 0 radical (unpaired) electrons. The number of carbonyl (C=O) groups excluding carboxylic acids is 2. The van der Waals surface area contributed by atoms with Crippen LogP contribution >= 0.6 is 15.9 Å². The zero-order valence-electron chi connectivity index (χ0n) is 10.4. The van der Waals surface area contributed by atoms with E-state index >= 15 is 0 Å². The maximum atomic E-state index is 12.0. The van der Waals surface area contributed by atoms with Gasteiger partial charge >= 0.3 is 0 Å². The second-order valence-electron chi connectivity index (χ2n) is 3.66. The zero-order chi connectivity index (χ0) is 13.7. The molecule has 0 fully saturated rings. The number of nitrogens with one attached hydrogen (secondary N) is 2. The highest BCUT2D eigenvalue weighted by atomic mass is 79.9. The first kappa shape index (κ1) is 14.5. The van der Waals surface area contributed by atoms with Crippen molar-refractivity contribution in [2.75, 3.05) is 14.2 Å². The van der Waals surface area contributed by atoms with Crippen molar-refractivity contribution < 1.29 is 14.3 Å². The van der Waals surface area contributed by atoms with Crippen molar-refractivity contribution in [2.45, 2.75) is 13.0 Å². The molecule has 1 aromatic carbocycles. The van der Waals surface area contributed by atoms with E-state index in [1.165, 1.54) is 14.2 Å². The monoisotopic (exact) mass is 314 g/mol. The van der Waals surface area contributed by atoms with E-state index in [0.29, 0.717) is 15.8 Å². The Morgan fingerprint density at radius 2 is 2.06 bits per heavy atom.